The van der Waals surface area contributed by atoms with E-state index in [2.05, 4.69) is 12.2 Å². The molecule has 1 aliphatic heterocycles. The lowest BCUT2D eigenvalue weighted by Gasteiger charge is -2.19. The smallest absolute Gasteiger partial charge is 0.0468 e. The zero-order valence-electron chi connectivity index (χ0n) is 8.76. The molecule has 82 valence electrons. The number of nitrogens with one attached hydrogen (secondary N) is 1. The maximum Gasteiger partial charge on any atom is 0.0468 e. The first-order chi connectivity index (χ1) is 7.22. The monoisotopic (exact) mass is 243 g/mol. The Kier molecular flexibility index (Phi) is 3.55. The van der Waals surface area contributed by atoms with Crippen LogP contribution in [0.1, 0.15) is 31.4 Å². The van der Waals surface area contributed by atoms with Crippen molar-refractivity contribution in [2.75, 3.05) is 6.54 Å². The van der Waals surface area contributed by atoms with E-state index in [4.69, 9.17) is 23.2 Å². The van der Waals surface area contributed by atoms with Gasteiger partial charge in [0.2, 0.25) is 0 Å². The second-order valence-electron chi connectivity index (χ2n) is 4.05. The standard InChI is InChI=1S/C12H15Cl2N/c1-2-8-5-6-15-12(8)10-4-3-9(13)7-11(10)14/h3-4,7-8,12,15H,2,5-6H2,1H3. The molecule has 0 bridgehead atoms. The molecule has 1 aliphatic rings. The minimum absolute atomic E-state index is 0.403. The van der Waals surface area contributed by atoms with Gasteiger partial charge in [-0.15, -0.1) is 0 Å². The summed E-state index contributed by atoms with van der Waals surface area (Å²) in [5.41, 5.74) is 1.19. The van der Waals surface area contributed by atoms with Crippen molar-refractivity contribution in [2.45, 2.75) is 25.8 Å². The van der Waals surface area contributed by atoms with Crippen molar-refractivity contribution in [2.24, 2.45) is 5.92 Å². The lowest BCUT2D eigenvalue weighted by Crippen LogP contribution is -2.17. The van der Waals surface area contributed by atoms with Crippen LogP contribution < -0.4 is 5.32 Å². The maximum atomic E-state index is 6.21. The minimum atomic E-state index is 0.403. The van der Waals surface area contributed by atoms with Gasteiger partial charge in [-0.25, -0.2) is 0 Å². The van der Waals surface area contributed by atoms with E-state index in [9.17, 15) is 0 Å². The minimum Gasteiger partial charge on any atom is -0.310 e. The van der Waals surface area contributed by atoms with Crippen molar-refractivity contribution in [3.8, 4) is 0 Å². The van der Waals surface area contributed by atoms with E-state index in [1.165, 1.54) is 18.4 Å². The molecule has 0 spiro atoms. The third-order valence-electron chi connectivity index (χ3n) is 3.17. The first kappa shape index (κ1) is 11.3. The van der Waals surface area contributed by atoms with Gasteiger partial charge in [0.15, 0.2) is 0 Å². The summed E-state index contributed by atoms with van der Waals surface area (Å²) >= 11 is 12.1. The molecule has 1 nitrogen and oxygen atoms in total. The van der Waals surface area contributed by atoms with Crippen molar-refractivity contribution in [1.29, 1.82) is 0 Å². The second-order valence-corrected chi connectivity index (χ2v) is 4.90. The van der Waals surface area contributed by atoms with E-state index in [1.807, 2.05) is 18.2 Å². The van der Waals surface area contributed by atoms with Crippen LogP contribution in [0.3, 0.4) is 0 Å². The number of hydrogen-bond acceptors (Lipinski definition) is 1. The van der Waals surface area contributed by atoms with Gasteiger partial charge in [-0.3, -0.25) is 0 Å². The van der Waals surface area contributed by atoms with Crippen molar-refractivity contribution in [1.82, 2.24) is 5.32 Å². The highest BCUT2D eigenvalue weighted by Crippen LogP contribution is 2.36. The molecule has 15 heavy (non-hydrogen) atoms. The molecular weight excluding hydrogens is 229 g/mol. The molecule has 0 saturated carbocycles. The Labute approximate surface area is 101 Å². The molecule has 0 amide bonds. The predicted octanol–water partition coefficient (Wildman–Crippen LogP) is 4.05. The topological polar surface area (TPSA) is 12.0 Å². The number of halogens is 2. The average molecular weight is 244 g/mol. The quantitative estimate of drug-likeness (QED) is 0.827. The summed E-state index contributed by atoms with van der Waals surface area (Å²) in [5.74, 6) is 0.698. The third-order valence-corrected chi connectivity index (χ3v) is 3.74. The molecule has 0 aliphatic carbocycles. The highest BCUT2D eigenvalue weighted by atomic mass is 35.5. The second kappa shape index (κ2) is 4.73. The molecule has 2 atom stereocenters. The predicted molar refractivity (Wildman–Crippen MR) is 65.6 cm³/mol. The highest BCUT2D eigenvalue weighted by Gasteiger charge is 2.27. The molecule has 1 fully saturated rings. The molecular formula is C12H15Cl2N. The van der Waals surface area contributed by atoms with Gasteiger partial charge in [0.1, 0.15) is 0 Å². The van der Waals surface area contributed by atoms with E-state index in [-0.39, 0.29) is 0 Å². The van der Waals surface area contributed by atoms with E-state index in [1.54, 1.807) is 0 Å². The molecule has 0 aromatic heterocycles. The number of rotatable bonds is 2. The molecule has 2 unspecified atom stereocenters. The van der Waals surface area contributed by atoms with E-state index < -0.39 is 0 Å². The van der Waals surface area contributed by atoms with E-state index >= 15 is 0 Å². The van der Waals surface area contributed by atoms with Crippen LogP contribution in [0, 0.1) is 5.92 Å². The SMILES string of the molecule is CCC1CCNC1c1ccc(Cl)cc1Cl. The van der Waals surface area contributed by atoms with Crippen LogP contribution in [0.25, 0.3) is 0 Å². The Morgan fingerprint density at radius 2 is 2.20 bits per heavy atom. The molecule has 3 heteroatoms. The molecule has 1 aromatic carbocycles. The Balaban J connectivity index is 2.28. The zero-order chi connectivity index (χ0) is 10.8. The number of benzene rings is 1. The van der Waals surface area contributed by atoms with Crippen LogP contribution in [-0.2, 0) is 0 Å². The van der Waals surface area contributed by atoms with Crippen molar-refractivity contribution >= 4 is 23.2 Å². The summed E-state index contributed by atoms with van der Waals surface area (Å²) in [6, 6.07) is 6.18. The normalized spacial score (nSPS) is 25.8. The Bertz CT molecular complexity index is 351. The lowest BCUT2D eigenvalue weighted by atomic mass is 9.92. The average Bonchev–Trinajstić information content (AvgIpc) is 2.65. The molecule has 2 rings (SSSR count). The Hall–Kier alpha value is -0.240. The highest BCUT2D eigenvalue weighted by molar-refractivity contribution is 6.35. The van der Waals surface area contributed by atoms with Crippen LogP contribution in [0.2, 0.25) is 10.0 Å². The van der Waals surface area contributed by atoms with Gasteiger partial charge in [-0.05, 0) is 36.6 Å². The fourth-order valence-electron chi connectivity index (χ4n) is 2.32. The molecule has 1 aromatic rings. The van der Waals surface area contributed by atoms with Gasteiger partial charge in [0.25, 0.3) is 0 Å². The summed E-state index contributed by atoms with van der Waals surface area (Å²) in [7, 11) is 0. The fourth-order valence-corrected chi connectivity index (χ4v) is 2.84. The van der Waals surface area contributed by atoms with Gasteiger partial charge in [0, 0.05) is 16.1 Å². The van der Waals surface area contributed by atoms with Gasteiger partial charge in [-0.2, -0.15) is 0 Å². The Morgan fingerprint density at radius 3 is 2.87 bits per heavy atom. The molecule has 0 radical (unpaired) electrons. The third kappa shape index (κ3) is 2.30. The Morgan fingerprint density at radius 1 is 1.40 bits per heavy atom. The molecule has 1 heterocycles. The van der Waals surface area contributed by atoms with Crippen LogP contribution in [-0.4, -0.2) is 6.54 Å². The maximum absolute atomic E-state index is 6.21. The van der Waals surface area contributed by atoms with Crippen LogP contribution in [0.4, 0.5) is 0 Å². The fraction of sp³-hybridized carbons (Fsp3) is 0.500. The largest absolute Gasteiger partial charge is 0.310 e. The number of hydrogen-bond donors (Lipinski definition) is 1. The van der Waals surface area contributed by atoms with Crippen LogP contribution in [0.15, 0.2) is 18.2 Å². The van der Waals surface area contributed by atoms with Crippen molar-refractivity contribution < 1.29 is 0 Å². The summed E-state index contributed by atoms with van der Waals surface area (Å²) in [5, 5.41) is 4.99. The summed E-state index contributed by atoms with van der Waals surface area (Å²) in [6.07, 6.45) is 2.43. The summed E-state index contributed by atoms with van der Waals surface area (Å²) in [4.78, 5) is 0. The molecule has 1 saturated heterocycles. The van der Waals surface area contributed by atoms with Crippen molar-refractivity contribution in [3.63, 3.8) is 0 Å². The van der Waals surface area contributed by atoms with Gasteiger partial charge < -0.3 is 5.32 Å². The lowest BCUT2D eigenvalue weighted by molar-refractivity contribution is 0.449. The van der Waals surface area contributed by atoms with Crippen molar-refractivity contribution in [3.05, 3.63) is 33.8 Å². The molecule has 1 N–H and O–H groups in total. The van der Waals surface area contributed by atoms with Gasteiger partial charge in [0.05, 0.1) is 0 Å². The van der Waals surface area contributed by atoms with E-state index in [0.29, 0.717) is 17.0 Å². The first-order valence-electron chi connectivity index (χ1n) is 5.40. The first-order valence-corrected chi connectivity index (χ1v) is 6.16. The van der Waals surface area contributed by atoms with E-state index in [0.717, 1.165) is 11.6 Å². The van der Waals surface area contributed by atoms with Crippen LogP contribution in [0.5, 0.6) is 0 Å². The van der Waals surface area contributed by atoms with Gasteiger partial charge >= 0.3 is 0 Å². The van der Waals surface area contributed by atoms with Gasteiger partial charge in [-0.1, -0.05) is 42.6 Å². The summed E-state index contributed by atoms with van der Waals surface area (Å²) in [6.45, 7) is 3.32. The van der Waals surface area contributed by atoms with Crippen LogP contribution >= 0.6 is 23.2 Å². The summed E-state index contributed by atoms with van der Waals surface area (Å²) < 4.78 is 0. The zero-order valence-corrected chi connectivity index (χ0v) is 10.3.